The molecular formula is C17H28N2O. The van der Waals surface area contributed by atoms with Crippen molar-refractivity contribution in [1.82, 2.24) is 5.32 Å². The van der Waals surface area contributed by atoms with Gasteiger partial charge in [-0.1, -0.05) is 19.4 Å². The Morgan fingerprint density at radius 1 is 1.20 bits per heavy atom. The molecule has 0 aromatic heterocycles. The van der Waals surface area contributed by atoms with Crippen molar-refractivity contribution in [2.24, 2.45) is 0 Å². The van der Waals surface area contributed by atoms with Crippen LogP contribution >= 0.6 is 0 Å². The van der Waals surface area contributed by atoms with Gasteiger partial charge in [-0.2, -0.15) is 0 Å². The number of hydrogen-bond donors (Lipinski definition) is 1. The fourth-order valence-corrected chi connectivity index (χ4v) is 2.69. The van der Waals surface area contributed by atoms with Gasteiger partial charge in [-0.05, 0) is 50.4 Å². The second-order valence-electron chi connectivity index (χ2n) is 5.46. The first kappa shape index (κ1) is 15.2. The predicted molar refractivity (Wildman–Crippen MR) is 85.7 cm³/mol. The Bertz CT molecular complexity index is 400. The Labute approximate surface area is 123 Å². The molecule has 1 fully saturated rings. The number of nitrogens with zero attached hydrogens (tertiary/aromatic N) is 1. The zero-order valence-electron chi connectivity index (χ0n) is 13.0. The smallest absolute Gasteiger partial charge is 0.142 e. The van der Waals surface area contributed by atoms with Gasteiger partial charge in [0.1, 0.15) is 5.75 Å². The van der Waals surface area contributed by atoms with E-state index in [4.69, 9.17) is 4.74 Å². The van der Waals surface area contributed by atoms with E-state index < -0.39 is 0 Å². The highest BCUT2D eigenvalue weighted by Crippen LogP contribution is 2.32. The first-order valence-electron chi connectivity index (χ1n) is 8.06. The molecule has 0 aliphatic carbocycles. The Hall–Kier alpha value is -1.22. The van der Waals surface area contributed by atoms with Crippen LogP contribution < -0.4 is 15.0 Å². The van der Waals surface area contributed by atoms with E-state index in [1.807, 2.05) is 0 Å². The van der Waals surface area contributed by atoms with Crippen molar-refractivity contribution in [1.29, 1.82) is 0 Å². The minimum Gasteiger partial charge on any atom is -0.492 e. The van der Waals surface area contributed by atoms with Crippen LogP contribution in [0.25, 0.3) is 0 Å². The van der Waals surface area contributed by atoms with Crippen molar-refractivity contribution in [3.05, 3.63) is 23.8 Å². The van der Waals surface area contributed by atoms with Crippen LogP contribution in [-0.4, -0.2) is 26.2 Å². The molecule has 1 heterocycles. The Morgan fingerprint density at radius 2 is 2.00 bits per heavy atom. The summed E-state index contributed by atoms with van der Waals surface area (Å²) in [5.74, 6) is 1.05. The minimum atomic E-state index is 0.730. The third kappa shape index (κ3) is 4.14. The SMILES string of the molecule is CCCCNCc1ccc(N2CCCC2)c(OCC)c1. The third-order valence-corrected chi connectivity index (χ3v) is 3.81. The van der Waals surface area contributed by atoms with Crippen LogP contribution in [0.4, 0.5) is 5.69 Å². The number of nitrogens with one attached hydrogen (secondary N) is 1. The predicted octanol–water partition coefficient (Wildman–Crippen LogP) is 3.58. The zero-order valence-corrected chi connectivity index (χ0v) is 13.0. The van der Waals surface area contributed by atoms with Gasteiger partial charge in [-0.3, -0.25) is 0 Å². The largest absolute Gasteiger partial charge is 0.492 e. The fourth-order valence-electron chi connectivity index (χ4n) is 2.69. The maximum absolute atomic E-state index is 5.85. The number of ether oxygens (including phenoxy) is 1. The van der Waals surface area contributed by atoms with Gasteiger partial charge in [-0.15, -0.1) is 0 Å². The Balaban J connectivity index is 2.02. The number of unbranched alkanes of at least 4 members (excludes halogenated alkanes) is 1. The van der Waals surface area contributed by atoms with E-state index in [0.717, 1.165) is 38.5 Å². The quantitative estimate of drug-likeness (QED) is 0.735. The number of rotatable bonds is 8. The molecule has 0 atom stereocenters. The van der Waals surface area contributed by atoms with Gasteiger partial charge in [-0.25, -0.2) is 0 Å². The van der Waals surface area contributed by atoms with Crippen LogP contribution in [-0.2, 0) is 6.54 Å². The van der Waals surface area contributed by atoms with Crippen LogP contribution in [0.15, 0.2) is 18.2 Å². The molecular weight excluding hydrogens is 248 g/mol. The summed E-state index contributed by atoms with van der Waals surface area (Å²) in [5, 5.41) is 3.49. The van der Waals surface area contributed by atoms with Crippen molar-refractivity contribution < 1.29 is 4.74 Å². The van der Waals surface area contributed by atoms with E-state index in [1.165, 1.54) is 36.9 Å². The van der Waals surface area contributed by atoms with Gasteiger partial charge >= 0.3 is 0 Å². The van der Waals surface area contributed by atoms with Crippen LogP contribution in [0.5, 0.6) is 5.75 Å². The lowest BCUT2D eigenvalue weighted by molar-refractivity contribution is 0.340. The van der Waals surface area contributed by atoms with E-state index in [9.17, 15) is 0 Å². The maximum Gasteiger partial charge on any atom is 0.142 e. The van der Waals surface area contributed by atoms with Gasteiger partial charge in [0.2, 0.25) is 0 Å². The monoisotopic (exact) mass is 276 g/mol. The molecule has 1 aromatic rings. The topological polar surface area (TPSA) is 24.5 Å². The highest BCUT2D eigenvalue weighted by atomic mass is 16.5. The molecule has 0 spiro atoms. The average molecular weight is 276 g/mol. The van der Waals surface area contributed by atoms with E-state index in [0.29, 0.717) is 0 Å². The van der Waals surface area contributed by atoms with Crippen LogP contribution in [0.2, 0.25) is 0 Å². The summed E-state index contributed by atoms with van der Waals surface area (Å²) in [6.45, 7) is 9.35. The summed E-state index contributed by atoms with van der Waals surface area (Å²) < 4.78 is 5.85. The molecule has 3 nitrogen and oxygen atoms in total. The lowest BCUT2D eigenvalue weighted by Crippen LogP contribution is -2.19. The summed E-state index contributed by atoms with van der Waals surface area (Å²) >= 11 is 0. The molecule has 0 saturated carbocycles. The first-order chi connectivity index (χ1) is 9.85. The average Bonchev–Trinajstić information content (AvgIpc) is 2.98. The van der Waals surface area contributed by atoms with E-state index in [-0.39, 0.29) is 0 Å². The molecule has 0 bridgehead atoms. The molecule has 3 heteroatoms. The van der Waals surface area contributed by atoms with E-state index in [1.54, 1.807) is 0 Å². The van der Waals surface area contributed by atoms with Crippen LogP contribution in [0, 0.1) is 0 Å². The third-order valence-electron chi connectivity index (χ3n) is 3.81. The lowest BCUT2D eigenvalue weighted by Gasteiger charge is -2.22. The van der Waals surface area contributed by atoms with Crippen molar-refractivity contribution in [2.75, 3.05) is 31.1 Å². The molecule has 1 aromatic carbocycles. The second kappa shape index (κ2) is 8.15. The van der Waals surface area contributed by atoms with Crippen molar-refractivity contribution in [3.63, 3.8) is 0 Å². The fraction of sp³-hybridized carbons (Fsp3) is 0.647. The molecule has 1 aliphatic heterocycles. The summed E-state index contributed by atoms with van der Waals surface area (Å²) in [5.41, 5.74) is 2.58. The lowest BCUT2D eigenvalue weighted by atomic mass is 10.1. The van der Waals surface area contributed by atoms with Crippen LogP contribution in [0.3, 0.4) is 0 Å². The van der Waals surface area contributed by atoms with E-state index >= 15 is 0 Å². The Kier molecular flexibility index (Phi) is 6.19. The van der Waals surface area contributed by atoms with Crippen LogP contribution in [0.1, 0.15) is 45.1 Å². The molecule has 0 unspecified atom stereocenters. The maximum atomic E-state index is 5.85. The first-order valence-corrected chi connectivity index (χ1v) is 8.06. The summed E-state index contributed by atoms with van der Waals surface area (Å²) in [6.07, 6.45) is 5.08. The normalized spacial score (nSPS) is 14.8. The van der Waals surface area contributed by atoms with Gasteiger partial charge in [0.05, 0.1) is 12.3 Å². The molecule has 1 N–H and O–H groups in total. The highest BCUT2D eigenvalue weighted by molar-refractivity contribution is 5.60. The molecule has 1 saturated heterocycles. The van der Waals surface area contributed by atoms with Gasteiger partial charge in [0, 0.05) is 19.6 Å². The van der Waals surface area contributed by atoms with Gasteiger partial charge in [0.15, 0.2) is 0 Å². The minimum absolute atomic E-state index is 0.730. The van der Waals surface area contributed by atoms with Crippen molar-refractivity contribution in [2.45, 2.75) is 46.1 Å². The van der Waals surface area contributed by atoms with Gasteiger partial charge in [0.25, 0.3) is 0 Å². The summed E-state index contributed by atoms with van der Waals surface area (Å²) in [6, 6.07) is 6.67. The van der Waals surface area contributed by atoms with Gasteiger partial charge < -0.3 is 15.0 Å². The van der Waals surface area contributed by atoms with E-state index in [2.05, 4.69) is 42.3 Å². The molecule has 112 valence electrons. The zero-order chi connectivity index (χ0) is 14.2. The molecule has 1 aliphatic rings. The summed E-state index contributed by atoms with van der Waals surface area (Å²) in [7, 11) is 0. The second-order valence-corrected chi connectivity index (χ2v) is 5.46. The molecule has 0 amide bonds. The standard InChI is InChI=1S/C17H28N2O/c1-3-5-10-18-14-15-8-9-16(17(13-15)20-4-2)19-11-6-7-12-19/h8-9,13,18H,3-7,10-12,14H2,1-2H3. The molecule has 0 radical (unpaired) electrons. The summed E-state index contributed by atoms with van der Waals surface area (Å²) in [4.78, 5) is 2.44. The van der Waals surface area contributed by atoms with Crippen molar-refractivity contribution >= 4 is 5.69 Å². The van der Waals surface area contributed by atoms with Crippen molar-refractivity contribution in [3.8, 4) is 5.75 Å². The number of anilines is 1. The number of benzene rings is 1. The number of hydrogen-bond acceptors (Lipinski definition) is 3. The Morgan fingerprint density at radius 3 is 2.70 bits per heavy atom. The molecule has 2 rings (SSSR count). The molecule has 20 heavy (non-hydrogen) atoms. The highest BCUT2D eigenvalue weighted by Gasteiger charge is 2.16.